The summed E-state index contributed by atoms with van der Waals surface area (Å²) in [4.78, 5) is 13.6. The molecule has 5 heteroatoms. The van der Waals surface area contributed by atoms with Crippen molar-refractivity contribution >= 4 is 17.7 Å². The zero-order valence-electron chi connectivity index (χ0n) is 14.1. The van der Waals surface area contributed by atoms with Gasteiger partial charge in [-0.05, 0) is 61.7 Å². The van der Waals surface area contributed by atoms with Crippen molar-refractivity contribution in [2.24, 2.45) is 5.92 Å². The molecule has 2 aromatic rings. The number of hydrogen-bond donors (Lipinski definition) is 2. The molecule has 1 fully saturated rings. The van der Waals surface area contributed by atoms with Crippen LogP contribution in [0.15, 0.2) is 59.5 Å². The predicted octanol–water partition coefficient (Wildman–Crippen LogP) is 3.77. The molecule has 0 aromatic heterocycles. The first-order valence-electron chi connectivity index (χ1n) is 8.68. The number of carbonyl (C=O) groups is 1. The summed E-state index contributed by atoms with van der Waals surface area (Å²) in [5.41, 5.74) is 0.955. The minimum Gasteiger partial charge on any atom is -0.355 e. The van der Waals surface area contributed by atoms with E-state index in [-0.39, 0.29) is 17.0 Å². The molecule has 1 aliphatic heterocycles. The lowest BCUT2D eigenvalue weighted by Gasteiger charge is -2.18. The minimum atomic E-state index is -0.339. The number of amides is 1. The van der Waals surface area contributed by atoms with Gasteiger partial charge in [0, 0.05) is 11.4 Å². The van der Waals surface area contributed by atoms with Crippen molar-refractivity contribution in [3.63, 3.8) is 0 Å². The molecule has 2 N–H and O–H groups in total. The number of nitrogens with one attached hydrogen (secondary N) is 2. The largest absolute Gasteiger partial charge is 0.355 e. The third kappa shape index (κ3) is 5.31. The Kier molecular flexibility index (Phi) is 6.48. The lowest BCUT2D eigenvalue weighted by Crippen LogP contribution is -2.30. The van der Waals surface area contributed by atoms with E-state index in [1.165, 1.54) is 30.3 Å². The Morgan fingerprint density at radius 3 is 2.64 bits per heavy atom. The second kappa shape index (κ2) is 9.02. The van der Waals surface area contributed by atoms with Gasteiger partial charge in [-0.1, -0.05) is 30.3 Å². The van der Waals surface area contributed by atoms with Crippen molar-refractivity contribution in [3.8, 4) is 0 Å². The molecule has 0 aliphatic carbocycles. The SMILES string of the molecule is O=C(NCCC1CCNC1)C(Sc1ccc(F)cc1)c1ccccc1. The van der Waals surface area contributed by atoms with Crippen LogP contribution in [0.4, 0.5) is 4.39 Å². The Morgan fingerprint density at radius 1 is 1.20 bits per heavy atom. The van der Waals surface area contributed by atoms with Gasteiger partial charge in [-0.25, -0.2) is 4.39 Å². The molecule has 1 saturated heterocycles. The smallest absolute Gasteiger partial charge is 0.237 e. The van der Waals surface area contributed by atoms with Crippen LogP contribution >= 0.6 is 11.8 Å². The maximum atomic E-state index is 13.1. The lowest BCUT2D eigenvalue weighted by molar-refractivity contribution is -0.120. The number of benzene rings is 2. The highest BCUT2D eigenvalue weighted by molar-refractivity contribution is 8.00. The van der Waals surface area contributed by atoms with Crippen molar-refractivity contribution in [2.75, 3.05) is 19.6 Å². The van der Waals surface area contributed by atoms with Crippen molar-refractivity contribution in [1.82, 2.24) is 10.6 Å². The number of hydrogen-bond acceptors (Lipinski definition) is 3. The molecule has 1 heterocycles. The molecule has 2 atom stereocenters. The first-order valence-corrected chi connectivity index (χ1v) is 9.56. The van der Waals surface area contributed by atoms with Gasteiger partial charge in [-0.15, -0.1) is 11.8 Å². The van der Waals surface area contributed by atoms with Crippen LogP contribution in [-0.2, 0) is 4.79 Å². The highest BCUT2D eigenvalue weighted by atomic mass is 32.2. The van der Waals surface area contributed by atoms with Gasteiger partial charge in [0.2, 0.25) is 5.91 Å². The van der Waals surface area contributed by atoms with Crippen molar-refractivity contribution in [2.45, 2.75) is 23.0 Å². The first kappa shape index (κ1) is 18.0. The molecule has 3 rings (SSSR count). The van der Waals surface area contributed by atoms with Gasteiger partial charge in [-0.3, -0.25) is 4.79 Å². The van der Waals surface area contributed by atoms with Gasteiger partial charge in [0.15, 0.2) is 0 Å². The van der Waals surface area contributed by atoms with Crippen LogP contribution in [0.5, 0.6) is 0 Å². The van der Waals surface area contributed by atoms with Gasteiger partial charge >= 0.3 is 0 Å². The summed E-state index contributed by atoms with van der Waals surface area (Å²) in [5.74, 6) is 0.391. The summed E-state index contributed by atoms with van der Waals surface area (Å²) in [5, 5.41) is 6.09. The number of carbonyl (C=O) groups excluding carboxylic acids is 1. The van der Waals surface area contributed by atoms with Crippen LogP contribution in [0, 0.1) is 11.7 Å². The fraction of sp³-hybridized carbons (Fsp3) is 0.350. The van der Waals surface area contributed by atoms with Crippen LogP contribution in [-0.4, -0.2) is 25.5 Å². The fourth-order valence-electron chi connectivity index (χ4n) is 3.00. The Hall–Kier alpha value is -1.85. The number of thioether (sulfide) groups is 1. The second-order valence-corrected chi connectivity index (χ2v) is 7.48. The zero-order valence-corrected chi connectivity index (χ0v) is 14.9. The summed E-state index contributed by atoms with van der Waals surface area (Å²) in [6.45, 7) is 2.81. The molecular weight excluding hydrogens is 335 g/mol. The van der Waals surface area contributed by atoms with Gasteiger partial charge < -0.3 is 10.6 Å². The van der Waals surface area contributed by atoms with Crippen LogP contribution in [0.25, 0.3) is 0 Å². The quantitative estimate of drug-likeness (QED) is 0.740. The van der Waals surface area contributed by atoms with Gasteiger partial charge in [-0.2, -0.15) is 0 Å². The zero-order chi connectivity index (χ0) is 17.5. The van der Waals surface area contributed by atoms with Crippen molar-refractivity contribution in [3.05, 3.63) is 66.0 Å². The Balaban J connectivity index is 1.64. The van der Waals surface area contributed by atoms with Crippen LogP contribution < -0.4 is 10.6 Å². The van der Waals surface area contributed by atoms with E-state index >= 15 is 0 Å². The standard InChI is InChI=1S/C20H23FN2OS/c21-17-6-8-18(9-7-17)25-19(16-4-2-1-3-5-16)20(24)23-13-11-15-10-12-22-14-15/h1-9,15,19,22H,10-14H2,(H,23,24). The van der Waals surface area contributed by atoms with Gasteiger partial charge in [0.05, 0.1) is 0 Å². The Morgan fingerprint density at radius 2 is 1.96 bits per heavy atom. The van der Waals surface area contributed by atoms with Crippen LogP contribution in [0.1, 0.15) is 23.7 Å². The van der Waals surface area contributed by atoms with E-state index in [2.05, 4.69) is 10.6 Å². The molecule has 1 amide bonds. The topological polar surface area (TPSA) is 41.1 Å². The van der Waals surface area contributed by atoms with Crippen molar-refractivity contribution < 1.29 is 9.18 Å². The molecule has 25 heavy (non-hydrogen) atoms. The van der Waals surface area contributed by atoms with Gasteiger partial charge in [0.25, 0.3) is 0 Å². The third-order valence-electron chi connectivity index (χ3n) is 4.42. The van der Waals surface area contributed by atoms with E-state index in [9.17, 15) is 9.18 Å². The number of halogens is 1. The third-order valence-corrected chi connectivity index (χ3v) is 5.69. The fourth-order valence-corrected chi connectivity index (χ4v) is 4.05. The predicted molar refractivity (Wildman–Crippen MR) is 100 cm³/mol. The van der Waals surface area contributed by atoms with Crippen molar-refractivity contribution in [1.29, 1.82) is 0 Å². The summed E-state index contributed by atoms with van der Waals surface area (Å²) in [7, 11) is 0. The van der Waals surface area contributed by atoms with E-state index in [0.29, 0.717) is 12.5 Å². The summed E-state index contributed by atoms with van der Waals surface area (Å²) >= 11 is 1.45. The molecular formula is C20H23FN2OS. The second-order valence-electron chi connectivity index (χ2n) is 6.30. The Labute approximate surface area is 152 Å². The molecule has 1 aliphatic rings. The molecule has 2 aromatic carbocycles. The van der Waals surface area contributed by atoms with E-state index in [1.807, 2.05) is 30.3 Å². The molecule has 132 valence electrons. The Bertz CT molecular complexity index is 672. The normalized spacial score (nSPS) is 18.0. The average molecular weight is 358 g/mol. The molecule has 0 spiro atoms. The van der Waals surface area contributed by atoms with E-state index < -0.39 is 0 Å². The molecule has 2 unspecified atom stereocenters. The summed E-state index contributed by atoms with van der Waals surface area (Å²) < 4.78 is 13.1. The first-order chi connectivity index (χ1) is 12.2. The maximum absolute atomic E-state index is 13.1. The van der Waals surface area contributed by atoms with Gasteiger partial charge in [0.1, 0.15) is 11.1 Å². The average Bonchev–Trinajstić information content (AvgIpc) is 3.15. The molecule has 0 bridgehead atoms. The molecule has 0 saturated carbocycles. The van der Waals surface area contributed by atoms with E-state index in [1.54, 1.807) is 12.1 Å². The van der Waals surface area contributed by atoms with Crippen LogP contribution in [0.3, 0.4) is 0 Å². The lowest BCUT2D eigenvalue weighted by atomic mass is 10.1. The summed E-state index contributed by atoms with van der Waals surface area (Å²) in [6.07, 6.45) is 2.18. The summed E-state index contributed by atoms with van der Waals surface area (Å²) in [6, 6.07) is 16.0. The van der Waals surface area contributed by atoms with Crippen LogP contribution in [0.2, 0.25) is 0 Å². The van der Waals surface area contributed by atoms with E-state index in [4.69, 9.17) is 0 Å². The number of rotatable bonds is 7. The maximum Gasteiger partial charge on any atom is 0.237 e. The van der Waals surface area contributed by atoms with E-state index in [0.717, 1.165) is 30.0 Å². The highest BCUT2D eigenvalue weighted by Crippen LogP contribution is 2.35. The monoisotopic (exact) mass is 358 g/mol. The molecule has 0 radical (unpaired) electrons. The minimum absolute atomic E-state index is 0.00600. The molecule has 3 nitrogen and oxygen atoms in total. The highest BCUT2D eigenvalue weighted by Gasteiger charge is 2.22.